The van der Waals surface area contributed by atoms with Crippen LogP contribution in [0, 0.1) is 11.8 Å². The maximum absolute atomic E-state index is 13.1. The molecular formula is C28H25NO4. The van der Waals surface area contributed by atoms with Gasteiger partial charge in [0.25, 0.3) is 0 Å². The van der Waals surface area contributed by atoms with Gasteiger partial charge in [-0.25, -0.2) is 0 Å². The Kier molecular flexibility index (Phi) is 5.43. The summed E-state index contributed by atoms with van der Waals surface area (Å²) in [5.74, 6) is 8.33. The number of ether oxygens (including phenoxy) is 3. The van der Waals surface area contributed by atoms with E-state index in [1.54, 1.807) is 0 Å². The van der Waals surface area contributed by atoms with E-state index in [9.17, 15) is 4.79 Å². The monoisotopic (exact) mass is 439 g/mol. The molecule has 0 aromatic heterocycles. The van der Waals surface area contributed by atoms with E-state index < -0.39 is 5.92 Å². The Morgan fingerprint density at radius 2 is 1.70 bits per heavy atom. The maximum Gasteiger partial charge on any atom is 0.233 e. The van der Waals surface area contributed by atoms with Crippen molar-refractivity contribution in [2.45, 2.75) is 31.8 Å². The van der Waals surface area contributed by atoms with Crippen molar-refractivity contribution < 1.29 is 19.0 Å². The number of hydrogen-bond donors (Lipinski definition) is 1. The summed E-state index contributed by atoms with van der Waals surface area (Å²) in [6.07, 6.45) is 0.857. The fourth-order valence-electron chi connectivity index (χ4n) is 4.35. The molecule has 2 heterocycles. The van der Waals surface area contributed by atoms with Gasteiger partial charge in [0.15, 0.2) is 11.5 Å². The Morgan fingerprint density at radius 3 is 2.42 bits per heavy atom. The van der Waals surface area contributed by atoms with Gasteiger partial charge in [0.2, 0.25) is 5.91 Å². The van der Waals surface area contributed by atoms with Crippen LogP contribution in [0.15, 0.2) is 66.7 Å². The summed E-state index contributed by atoms with van der Waals surface area (Å²) in [5.41, 5.74) is 2.63. The second-order valence-corrected chi connectivity index (χ2v) is 8.75. The zero-order valence-corrected chi connectivity index (χ0v) is 18.7. The van der Waals surface area contributed by atoms with Gasteiger partial charge in [0, 0.05) is 23.1 Å². The summed E-state index contributed by atoms with van der Waals surface area (Å²) < 4.78 is 17.8. The third-order valence-electron chi connectivity index (χ3n) is 5.77. The summed E-state index contributed by atoms with van der Waals surface area (Å²) in [6, 6.07) is 21.2. The van der Waals surface area contributed by atoms with Crippen molar-refractivity contribution in [2.24, 2.45) is 0 Å². The zero-order chi connectivity index (χ0) is 22.8. The van der Waals surface area contributed by atoms with E-state index >= 15 is 0 Å². The molecule has 2 aliphatic heterocycles. The van der Waals surface area contributed by atoms with Gasteiger partial charge >= 0.3 is 0 Å². The molecule has 0 radical (unpaired) electrons. The zero-order valence-electron chi connectivity index (χ0n) is 18.7. The Labute approximate surface area is 193 Å². The Hall–Kier alpha value is -3.91. The van der Waals surface area contributed by atoms with Crippen molar-refractivity contribution >= 4 is 5.91 Å². The van der Waals surface area contributed by atoms with Gasteiger partial charge in [-0.05, 0) is 32.0 Å². The minimum Gasteiger partial charge on any atom is -0.483 e. The van der Waals surface area contributed by atoms with Crippen LogP contribution in [-0.4, -0.2) is 24.7 Å². The summed E-state index contributed by atoms with van der Waals surface area (Å²) in [4.78, 5) is 13.1. The Morgan fingerprint density at radius 1 is 1.00 bits per heavy atom. The average Bonchev–Trinajstić information content (AvgIpc) is 3.14. The number of carbonyl (C=O) groups is 1. The van der Waals surface area contributed by atoms with E-state index in [2.05, 4.69) is 37.1 Å². The van der Waals surface area contributed by atoms with Crippen LogP contribution < -0.4 is 19.5 Å². The summed E-state index contributed by atoms with van der Waals surface area (Å²) in [7, 11) is 0. The maximum atomic E-state index is 13.1. The Bertz CT molecular complexity index is 1220. The lowest BCUT2D eigenvalue weighted by atomic mass is 9.87. The van der Waals surface area contributed by atoms with Crippen LogP contribution in [-0.2, 0) is 11.2 Å². The molecule has 1 amide bonds. The highest BCUT2D eigenvalue weighted by atomic mass is 16.5. The molecule has 166 valence electrons. The lowest BCUT2D eigenvalue weighted by molar-refractivity contribution is -0.121. The fraction of sp³-hybridized carbons (Fsp3) is 0.250. The number of para-hydroxylation sites is 3. The summed E-state index contributed by atoms with van der Waals surface area (Å²) in [5, 5.41) is 2.94. The number of hydrogen-bond acceptors (Lipinski definition) is 4. The van der Waals surface area contributed by atoms with Crippen molar-refractivity contribution in [3.63, 3.8) is 0 Å². The normalized spacial score (nSPS) is 15.0. The number of nitrogens with one attached hydrogen (secondary N) is 1. The molecule has 1 N–H and O–H groups in total. The quantitative estimate of drug-likeness (QED) is 0.592. The predicted octanol–water partition coefficient (Wildman–Crippen LogP) is 4.84. The highest BCUT2D eigenvalue weighted by Gasteiger charge is 2.33. The highest BCUT2D eigenvalue weighted by Crippen LogP contribution is 2.44. The minimum absolute atomic E-state index is 0.107. The van der Waals surface area contributed by atoms with Crippen molar-refractivity contribution in [3.05, 3.63) is 83.4 Å². The van der Waals surface area contributed by atoms with Crippen LogP contribution in [0.25, 0.3) is 0 Å². The van der Waals surface area contributed by atoms with Gasteiger partial charge < -0.3 is 19.5 Å². The molecule has 2 aliphatic rings. The first-order chi connectivity index (χ1) is 16.0. The van der Waals surface area contributed by atoms with Crippen LogP contribution in [0.2, 0.25) is 0 Å². The average molecular weight is 440 g/mol. The van der Waals surface area contributed by atoms with Gasteiger partial charge in [-0.15, -0.1) is 0 Å². The molecule has 0 spiro atoms. The SMILES string of the molecule is CC1(C)Cc2cccc(OCC#CCNC(=O)C3c4ccccc4Oc4ccccc43)c2O1. The fourth-order valence-corrected chi connectivity index (χ4v) is 4.35. The molecule has 0 saturated heterocycles. The predicted molar refractivity (Wildman–Crippen MR) is 126 cm³/mol. The summed E-state index contributed by atoms with van der Waals surface area (Å²) in [6.45, 7) is 4.59. The van der Waals surface area contributed by atoms with Crippen molar-refractivity contribution in [1.82, 2.24) is 5.32 Å². The second-order valence-electron chi connectivity index (χ2n) is 8.75. The van der Waals surface area contributed by atoms with Crippen molar-refractivity contribution in [3.8, 4) is 34.8 Å². The van der Waals surface area contributed by atoms with Crippen LogP contribution in [0.4, 0.5) is 0 Å². The standard InChI is InChI=1S/C28H25NO4/c1-28(2)18-19-10-9-15-24(26(19)33-28)31-17-8-7-16-29-27(30)25-20-11-3-5-13-22(20)32-23-14-6-4-12-21(23)25/h3-6,9-15,25H,16-18H2,1-2H3,(H,29,30). The van der Waals surface area contributed by atoms with Gasteiger partial charge in [0.05, 0.1) is 12.5 Å². The molecule has 0 unspecified atom stereocenters. The molecular weight excluding hydrogens is 414 g/mol. The lowest BCUT2D eigenvalue weighted by Crippen LogP contribution is -2.31. The molecule has 0 atom stereocenters. The van der Waals surface area contributed by atoms with E-state index in [1.807, 2.05) is 60.7 Å². The van der Waals surface area contributed by atoms with Crippen molar-refractivity contribution in [2.75, 3.05) is 13.2 Å². The molecule has 5 rings (SSSR count). The molecule has 5 nitrogen and oxygen atoms in total. The second kappa shape index (κ2) is 8.55. The topological polar surface area (TPSA) is 56.8 Å². The first kappa shape index (κ1) is 21.0. The molecule has 0 aliphatic carbocycles. The van der Waals surface area contributed by atoms with E-state index in [0.29, 0.717) is 17.2 Å². The van der Waals surface area contributed by atoms with Gasteiger partial charge in [-0.2, -0.15) is 0 Å². The molecule has 33 heavy (non-hydrogen) atoms. The molecule has 5 heteroatoms. The smallest absolute Gasteiger partial charge is 0.233 e. The number of rotatable bonds is 4. The van der Waals surface area contributed by atoms with Crippen molar-refractivity contribution in [1.29, 1.82) is 0 Å². The molecule has 3 aromatic rings. The number of amides is 1. The van der Waals surface area contributed by atoms with Crippen LogP contribution >= 0.6 is 0 Å². The van der Waals surface area contributed by atoms with E-state index in [0.717, 1.165) is 28.9 Å². The van der Waals surface area contributed by atoms with E-state index in [-0.39, 0.29) is 24.7 Å². The highest BCUT2D eigenvalue weighted by molar-refractivity contribution is 5.89. The third kappa shape index (κ3) is 4.25. The molecule has 3 aromatic carbocycles. The van der Waals surface area contributed by atoms with Crippen LogP contribution in [0.3, 0.4) is 0 Å². The van der Waals surface area contributed by atoms with Crippen LogP contribution in [0.1, 0.15) is 36.5 Å². The number of carbonyl (C=O) groups excluding carboxylic acids is 1. The summed E-state index contributed by atoms with van der Waals surface area (Å²) >= 11 is 0. The Balaban J connectivity index is 1.21. The lowest BCUT2D eigenvalue weighted by Gasteiger charge is -2.27. The van der Waals surface area contributed by atoms with Gasteiger partial charge in [-0.1, -0.05) is 60.4 Å². The van der Waals surface area contributed by atoms with Gasteiger partial charge in [-0.3, -0.25) is 4.79 Å². The number of fused-ring (bicyclic) bond motifs is 3. The van der Waals surface area contributed by atoms with E-state index in [4.69, 9.17) is 14.2 Å². The first-order valence-corrected chi connectivity index (χ1v) is 11.0. The number of benzene rings is 3. The molecule has 0 bridgehead atoms. The van der Waals surface area contributed by atoms with Crippen LogP contribution in [0.5, 0.6) is 23.0 Å². The largest absolute Gasteiger partial charge is 0.483 e. The molecule has 0 fully saturated rings. The first-order valence-electron chi connectivity index (χ1n) is 11.0. The van der Waals surface area contributed by atoms with Gasteiger partial charge in [0.1, 0.15) is 23.7 Å². The third-order valence-corrected chi connectivity index (χ3v) is 5.77. The van der Waals surface area contributed by atoms with E-state index in [1.165, 1.54) is 0 Å². The minimum atomic E-state index is -0.434. The molecule has 0 saturated carbocycles.